The van der Waals surface area contributed by atoms with Gasteiger partial charge in [-0.2, -0.15) is 13.2 Å². The van der Waals surface area contributed by atoms with Crippen LogP contribution >= 0.6 is 0 Å². The first-order valence-electron chi connectivity index (χ1n) is 8.71. The first-order valence-corrected chi connectivity index (χ1v) is 8.71. The van der Waals surface area contributed by atoms with E-state index in [9.17, 15) is 22.8 Å². The molecule has 2 aromatic rings. The molecule has 0 aliphatic heterocycles. The van der Waals surface area contributed by atoms with Gasteiger partial charge in [-0.1, -0.05) is 0 Å². The van der Waals surface area contributed by atoms with Crippen molar-refractivity contribution in [1.82, 2.24) is 4.98 Å². The number of rotatable bonds is 4. The van der Waals surface area contributed by atoms with Crippen LogP contribution in [0.2, 0.25) is 0 Å². The van der Waals surface area contributed by atoms with Crippen molar-refractivity contribution in [1.29, 1.82) is 0 Å². The number of hydrogen-bond acceptors (Lipinski definition) is 3. The fourth-order valence-corrected chi connectivity index (χ4v) is 4.47. The van der Waals surface area contributed by atoms with Crippen LogP contribution in [0.3, 0.4) is 0 Å². The van der Waals surface area contributed by atoms with Gasteiger partial charge in [0.05, 0.1) is 11.1 Å². The number of amides is 1. The van der Waals surface area contributed by atoms with E-state index in [2.05, 4.69) is 10.3 Å². The third-order valence-corrected chi connectivity index (χ3v) is 5.84. The molecule has 0 radical (unpaired) electrons. The number of benzene rings is 1. The number of aromatic amines is 1. The molecule has 8 heteroatoms. The van der Waals surface area contributed by atoms with Crippen LogP contribution in [-0.2, 0) is 6.18 Å². The molecular formula is C19H15F3N2O3. The Balaban J connectivity index is 1.44. The van der Waals surface area contributed by atoms with E-state index < -0.39 is 23.2 Å². The van der Waals surface area contributed by atoms with Crippen molar-refractivity contribution < 1.29 is 22.7 Å². The summed E-state index contributed by atoms with van der Waals surface area (Å²) in [5.41, 5.74) is -0.988. The van der Waals surface area contributed by atoms with Gasteiger partial charge in [0.2, 0.25) is 5.56 Å². The first kappa shape index (κ1) is 16.4. The molecule has 2 bridgehead atoms. The summed E-state index contributed by atoms with van der Waals surface area (Å²) in [6.45, 7) is 0. The summed E-state index contributed by atoms with van der Waals surface area (Å²) < 4.78 is 45.2. The SMILES string of the molecule is O=C(Nc1cc[nH]c(=O)c1)c1ccc(C(F)(F)F)cc1OC1CC2C3C1[C@H]23. The first-order chi connectivity index (χ1) is 12.8. The molecule has 5 atom stereocenters. The highest BCUT2D eigenvalue weighted by atomic mass is 19.4. The number of fused-ring (bicyclic) bond motifs is 1. The van der Waals surface area contributed by atoms with E-state index in [0.717, 1.165) is 24.6 Å². The van der Waals surface area contributed by atoms with E-state index in [4.69, 9.17) is 4.74 Å². The van der Waals surface area contributed by atoms with Gasteiger partial charge < -0.3 is 15.0 Å². The molecular weight excluding hydrogens is 361 g/mol. The summed E-state index contributed by atoms with van der Waals surface area (Å²) >= 11 is 0. The van der Waals surface area contributed by atoms with Crippen molar-refractivity contribution in [3.8, 4) is 5.75 Å². The fraction of sp³-hybridized carbons (Fsp3) is 0.368. The van der Waals surface area contributed by atoms with Gasteiger partial charge in [0.1, 0.15) is 11.9 Å². The molecule has 0 spiro atoms. The highest BCUT2D eigenvalue weighted by Gasteiger charge is 2.81. The largest absolute Gasteiger partial charge is 0.489 e. The topological polar surface area (TPSA) is 71.2 Å². The lowest BCUT2D eigenvalue weighted by Gasteiger charge is -2.18. The fourth-order valence-electron chi connectivity index (χ4n) is 4.47. The number of halogens is 3. The summed E-state index contributed by atoms with van der Waals surface area (Å²) in [5, 5.41) is 2.53. The molecule has 4 aliphatic rings. The van der Waals surface area contributed by atoms with Crippen molar-refractivity contribution in [3.63, 3.8) is 0 Å². The van der Waals surface area contributed by atoms with E-state index in [-0.39, 0.29) is 23.1 Å². The van der Waals surface area contributed by atoms with Crippen LogP contribution in [0.4, 0.5) is 18.9 Å². The molecule has 4 aliphatic carbocycles. The second-order valence-electron chi connectivity index (χ2n) is 7.39. The van der Waals surface area contributed by atoms with Gasteiger partial charge in [0.15, 0.2) is 0 Å². The zero-order chi connectivity index (χ0) is 18.9. The highest BCUT2D eigenvalue weighted by molar-refractivity contribution is 6.06. The quantitative estimate of drug-likeness (QED) is 0.860. The van der Waals surface area contributed by atoms with E-state index in [0.29, 0.717) is 23.7 Å². The number of hydrogen-bond donors (Lipinski definition) is 2. The van der Waals surface area contributed by atoms with Gasteiger partial charge in [-0.3, -0.25) is 9.59 Å². The third-order valence-electron chi connectivity index (χ3n) is 5.84. The second-order valence-corrected chi connectivity index (χ2v) is 7.39. The van der Waals surface area contributed by atoms with Gasteiger partial charge in [0, 0.05) is 23.9 Å². The van der Waals surface area contributed by atoms with Gasteiger partial charge in [-0.15, -0.1) is 0 Å². The zero-order valence-electron chi connectivity index (χ0n) is 13.9. The molecule has 140 valence electrons. The Morgan fingerprint density at radius 3 is 2.56 bits per heavy atom. The third kappa shape index (κ3) is 2.70. The van der Waals surface area contributed by atoms with Gasteiger partial charge in [-0.05, 0) is 48.4 Å². The van der Waals surface area contributed by atoms with Crippen LogP contribution in [0, 0.1) is 23.7 Å². The molecule has 4 fully saturated rings. The maximum atomic E-state index is 13.1. The van der Waals surface area contributed by atoms with Gasteiger partial charge >= 0.3 is 6.18 Å². The predicted octanol–water partition coefficient (Wildman–Crippen LogP) is 3.29. The minimum absolute atomic E-state index is 0.0161. The van der Waals surface area contributed by atoms with E-state index in [1.807, 2.05) is 0 Å². The number of nitrogens with one attached hydrogen (secondary N) is 2. The number of aromatic nitrogens is 1. The van der Waals surface area contributed by atoms with Crippen molar-refractivity contribution in [3.05, 3.63) is 58.0 Å². The summed E-state index contributed by atoms with van der Waals surface area (Å²) in [7, 11) is 0. The molecule has 1 heterocycles. The van der Waals surface area contributed by atoms with Crippen molar-refractivity contribution in [2.24, 2.45) is 23.7 Å². The zero-order valence-corrected chi connectivity index (χ0v) is 13.9. The smallest absolute Gasteiger partial charge is 0.416 e. The Hall–Kier alpha value is -2.77. The summed E-state index contributed by atoms with van der Waals surface area (Å²) in [4.78, 5) is 26.4. The maximum absolute atomic E-state index is 13.1. The standard InChI is InChI=1S/C19H15F3N2O3/c20-19(21,22)8-1-2-10(18(26)24-9-3-4-23-14(25)6-9)12(5-8)27-13-7-11-15-16(11)17(13)15/h1-6,11,13,15-17H,7H2,(H2,23,24,25,26)/t11?,13?,15-,16?,17?/m1/s1. The molecule has 2 N–H and O–H groups in total. The number of anilines is 1. The van der Waals surface area contributed by atoms with Crippen molar-refractivity contribution >= 4 is 11.6 Å². The van der Waals surface area contributed by atoms with Crippen LogP contribution in [0.25, 0.3) is 0 Å². The minimum Gasteiger partial charge on any atom is -0.489 e. The Labute approximate surface area is 151 Å². The normalized spacial score (nSPS) is 29.8. The number of carbonyl (C=O) groups is 1. The number of alkyl halides is 3. The van der Waals surface area contributed by atoms with E-state index >= 15 is 0 Å². The van der Waals surface area contributed by atoms with Crippen molar-refractivity contribution in [2.75, 3.05) is 5.32 Å². The molecule has 0 saturated heterocycles. The van der Waals surface area contributed by atoms with Crippen LogP contribution in [0.15, 0.2) is 41.3 Å². The molecule has 1 aromatic heterocycles. The van der Waals surface area contributed by atoms with Crippen LogP contribution in [0.5, 0.6) is 5.75 Å². The minimum atomic E-state index is -4.52. The van der Waals surface area contributed by atoms with E-state index in [1.54, 1.807) is 0 Å². The Morgan fingerprint density at radius 1 is 1.15 bits per heavy atom. The van der Waals surface area contributed by atoms with Crippen LogP contribution < -0.4 is 15.6 Å². The van der Waals surface area contributed by atoms with E-state index in [1.165, 1.54) is 18.3 Å². The molecule has 1 amide bonds. The lowest BCUT2D eigenvalue weighted by molar-refractivity contribution is -0.137. The molecule has 4 saturated carbocycles. The summed E-state index contributed by atoms with van der Waals surface area (Å²) in [5.74, 6) is 1.74. The number of H-pyrrole nitrogens is 1. The lowest BCUT2D eigenvalue weighted by Crippen LogP contribution is -2.20. The predicted molar refractivity (Wildman–Crippen MR) is 89.5 cm³/mol. The van der Waals surface area contributed by atoms with Crippen molar-refractivity contribution in [2.45, 2.75) is 18.7 Å². The Morgan fingerprint density at radius 2 is 1.93 bits per heavy atom. The number of pyridine rings is 1. The second kappa shape index (κ2) is 5.37. The van der Waals surface area contributed by atoms with Crippen LogP contribution in [-0.4, -0.2) is 17.0 Å². The van der Waals surface area contributed by atoms with Crippen LogP contribution in [0.1, 0.15) is 22.3 Å². The molecule has 6 rings (SSSR count). The summed E-state index contributed by atoms with van der Waals surface area (Å²) in [6.07, 6.45) is -2.44. The van der Waals surface area contributed by atoms with Gasteiger partial charge in [-0.25, -0.2) is 0 Å². The summed E-state index contributed by atoms with van der Waals surface area (Å²) in [6, 6.07) is 5.54. The number of ether oxygens (including phenoxy) is 1. The molecule has 1 aromatic carbocycles. The van der Waals surface area contributed by atoms with Gasteiger partial charge in [0.25, 0.3) is 5.91 Å². The lowest BCUT2D eigenvalue weighted by atomic mass is 10.1. The maximum Gasteiger partial charge on any atom is 0.416 e. The molecule has 27 heavy (non-hydrogen) atoms. The molecule has 4 unspecified atom stereocenters. The molecule has 5 nitrogen and oxygen atoms in total. The average Bonchev–Trinajstić information content (AvgIpc) is 3.42. The Kier molecular flexibility index (Phi) is 3.26. The monoisotopic (exact) mass is 376 g/mol. The highest BCUT2D eigenvalue weighted by Crippen LogP contribution is 2.82. The average molecular weight is 376 g/mol. The Bertz CT molecular complexity index is 983. The number of carbonyl (C=O) groups excluding carboxylic acids is 1.